The molecule has 2 heterocycles. The predicted octanol–water partition coefficient (Wildman–Crippen LogP) is 4.53. The molecule has 1 saturated carbocycles. The van der Waals surface area contributed by atoms with Crippen molar-refractivity contribution in [2.75, 3.05) is 11.9 Å². The molecule has 1 aliphatic rings. The fourth-order valence-corrected chi connectivity index (χ4v) is 3.32. The summed E-state index contributed by atoms with van der Waals surface area (Å²) in [6.07, 6.45) is 4.18. The number of anilines is 2. The molecule has 0 atom stereocenters. The first-order valence-electron chi connectivity index (χ1n) is 7.49. The Kier molecular flexibility index (Phi) is 3.42. The Morgan fingerprint density at radius 3 is 3.00 bits per heavy atom. The highest BCUT2D eigenvalue weighted by Crippen LogP contribution is 2.35. The molecular formula is C17H17N3OS. The number of hydrogen-bond donors (Lipinski definition) is 1. The summed E-state index contributed by atoms with van der Waals surface area (Å²) < 4.78 is 5.95. The van der Waals surface area contributed by atoms with E-state index in [0.717, 1.165) is 40.0 Å². The molecule has 0 bridgehead atoms. The van der Waals surface area contributed by atoms with Crippen LogP contribution in [0, 0.1) is 12.8 Å². The van der Waals surface area contributed by atoms with Crippen LogP contribution in [0.25, 0.3) is 10.2 Å². The SMILES string of the molecule is Cc1csc2ncnc(Nc3ccccc3OCC3CC3)c12. The molecule has 0 radical (unpaired) electrons. The zero-order valence-corrected chi connectivity index (χ0v) is 13.2. The smallest absolute Gasteiger partial charge is 0.142 e. The minimum Gasteiger partial charge on any atom is -0.491 e. The quantitative estimate of drug-likeness (QED) is 0.752. The van der Waals surface area contributed by atoms with Gasteiger partial charge in [0.05, 0.1) is 17.7 Å². The number of ether oxygens (including phenoxy) is 1. The first-order valence-corrected chi connectivity index (χ1v) is 8.37. The predicted molar refractivity (Wildman–Crippen MR) is 90.1 cm³/mol. The molecule has 4 nitrogen and oxygen atoms in total. The van der Waals surface area contributed by atoms with Crippen molar-refractivity contribution >= 4 is 33.1 Å². The average molecular weight is 311 g/mol. The van der Waals surface area contributed by atoms with Gasteiger partial charge in [-0.1, -0.05) is 12.1 Å². The van der Waals surface area contributed by atoms with E-state index in [2.05, 4.69) is 27.6 Å². The zero-order valence-electron chi connectivity index (χ0n) is 12.4. The number of thiophene rings is 1. The van der Waals surface area contributed by atoms with Gasteiger partial charge in [-0.2, -0.15) is 0 Å². The molecule has 1 aromatic carbocycles. The maximum atomic E-state index is 5.95. The summed E-state index contributed by atoms with van der Waals surface area (Å²) in [6, 6.07) is 8.03. The molecule has 4 rings (SSSR count). The number of nitrogens with one attached hydrogen (secondary N) is 1. The van der Waals surface area contributed by atoms with Gasteiger partial charge in [0, 0.05) is 0 Å². The van der Waals surface area contributed by atoms with Gasteiger partial charge in [0.2, 0.25) is 0 Å². The van der Waals surface area contributed by atoms with Crippen LogP contribution >= 0.6 is 11.3 Å². The van der Waals surface area contributed by atoms with Gasteiger partial charge in [-0.15, -0.1) is 11.3 Å². The van der Waals surface area contributed by atoms with Crippen molar-refractivity contribution in [1.82, 2.24) is 9.97 Å². The third kappa shape index (κ3) is 2.64. The first kappa shape index (κ1) is 13.5. The van der Waals surface area contributed by atoms with Gasteiger partial charge >= 0.3 is 0 Å². The molecule has 0 spiro atoms. The molecule has 5 heteroatoms. The molecule has 0 amide bonds. The zero-order chi connectivity index (χ0) is 14.9. The van der Waals surface area contributed by atoms with E-state index >= 15 is 0 Å². The summed E-state index contributed by atoms with van der Waals surface area (Å²) in [5, 5.41) is 6.62. The van der Waals surface area contributed by atoms with E-state index in [0.29, 0.717) is 0 Å². The van der Waals surface area contributed by atoms with Crippen LogP contribution in [0.5, 0.6) is 5.75 Å². The monoisotopic (exact) mass is 311 g/mol. The normalized spacial score (nSPS) is 14.2. The standard InChI is InChI=1S/C17H17N3OS/c1-11-9-22-17-15(11)16(18-10-19-17)20-13-4-2-3-5-14(13)21-8-12-6-7-12/h2-5,9-10,12H,6-8H2,1H3,(H,18,19,20). The van der Waals surface area contributed by atoms with Crippen LogP contribution in [0.1, 0.15) is 18.4 Å². The van der Waals surface area contributed by atoms with Crippen LogP contribution in [0.3, 0.4) is 0 Å². The van der Waals surface area contributed by atoms with Gasteiger partial charge in [-0.25, -0.2) is 9.97 Å². The lowest BCUT2D eigenvalue weighted by atomic mass is 10.2. The summed E-state index contributed by atoms with van der Waals surface area (Å²) in [6.45, 7) is 2.89. The molecule has 22 heavy (non-hydrogen) atoms. The Hall–Kier alpha value is -2.14. The van der Waals surface area contributed by atoms with E-state index in [1.807, 2.05) is 24.3 Å². The largest absolute Gasteiger partial charge is 0.491 e. The lowest BCUT2D eigenvalue weighted by Gasteiger charge is -2.13. The molecule has 2 aromatic heterocycles. The van der Waals surface area contributed by atoms with Crippen molar-refractivity contribution in [2.45, 2.75) is 19.8 Å². The van der Waals surface area contributed by atoms with Crippen LogP contribution in [-0.2, 0) is 0 Å². The number of aryl methyl sites for hydroxylation is 1. The topological polar surface area (TPSA) is 47.0 Å². The molecule has 1 fully saturated rings. The van der Waals surface area contributed by atoms with Crippen molar-refractivity contribution in [3.63, 3.8) is 0 Å². The van der Waals surface area contributed by atoms with Crippen molar-refractivity contribution in [3.05, 3.63) is 41.5 Å². The van der Waals surface area contributed by atoms with E-state index < -0.39 is 0 Å². The third-order valence-corrected chi connectivity index (χ3v) is 4.87. The highest BCUT2D eigenvalue weighted by molar-refractivity contribution is 7.17. The number of hydrogen-bond acceptors (Lipinski definition) is 5. The second-order valence-electron chi connectivity index (χ2n) is 5.70. The molecule has 0 saturated heterocycles. The van der Waals surface area contributed by atoms with Crippen LogP contribution in [0.2, 0.25) is 0 Å². The summed E-state index contributed by atoms with van der Waals surface area (Å²) in [5.74, 6) is 2.46. The fraction of sp³-hybridized carbons (Fsp3) is 0.294. The lowest BCUT2D eigenvalue weighted by Crippen LogP contribution is -2.03. The highest BCUT2D eigenvalue weighted by Gasteiger charge is 2.22. The van der Waals surface area contributed by atoms with E-state index in [4.69, 9.17) is 4.74 Å². The van der Waals surface area contributed by atoms with Crippen LogP contribution < -0.4 is 10.1 Å². The summed E-state index contributed by atoms with van der Waals surface area (Å²) in [4.78, 5) is 9.75. The van der Waals surface area contributed by atoms with Crippen molar-refractivity contribution in [1.29, 1.82) is 0 Å². The molecule has 3 aromatic rings. The Labute approximate surface area is 133 Å². The fourth-order valence-electron chi connectivity index (χ4n) is 2.43. The van der Waals surface area contributed by atoms with Gasteiger partial charge in [0.15, 0.2) is 0 Å². The lowest BCUT2D eigenvalue weighted by molar-refractivity contribution is 0.301. The summed E-state index contributed by atoms with van der Waals surface area (Å²) in [5.41, 5.74) is 2.15. The minimum absolute atomic E-state index is 0.734. The number of fused-ring (bicyclic) bond motifs is 1. The molecule has 0 aliphatic heterocycles. The van der Waals surface area contributed by atoms with Crippen LogP contribution in [-0.4, -0.2) is 16.6 Å². The third-order valence-electron chi connectivity index (χ3n) is 3.87. The molecule has 1 aliphatic carbocycles. The second-order valence-corrected chi connectivity index (χ2v) is 6.55. The number of para-hydroxylation sites is 2. The van der Waals surface area contributed by atoms with Gasteiger partial charge in [-0.05, 0) is 48.8 Å². The van der Waals surface area contributed by atoms with Crippen molar-refractivity contribution in [2.24, 2.45) is 5.92 Å². The van der Waals surface area contributed by atoms with E-state index in [1.165, 1.54) is 18.4 Å². The first-order chi connectivity index (χ1) is 10.8. The minimum atomic E-state index is 0.734. The van der Waals surface area contributed by atoms with Gasteiger partial charge < -0.3 is 10.1 Å². The maximum absolute atomic E-state index is 5.95. The average Bonchev–Trinajstić information content (AvgIpc) is 3.29. The van der Waals surface area contributed by atoms with Crippen molar-refractivity contribution < 1.29 is 4.74 Å². The second kappa shape index (κ2) is 5.57. The molecule has 1 N–H and O–H groups in total. The van der Waals surface area contributed by atoms with E-state index in [-0.39, 0.29) is 0 Å². The van der Waals surface area contributed by atoms with E-state index in [9.17, 15) is 0 Å². The van der Waals surface area contributed by atoms with Crippen LogP contribution in [0.4, 0.5) is 11.5 Å². The number of rotatable bonds is 5. The molecule has 0 unspecified atom stereocenters. The Morgan fingerprint density at radius 2 is 2.14 bits per heavy atom. The Bertz CT molecular complexity index is 811. The summed E-state index contributed by atoms with van der Waals surface area (Å²) >= 11 is 1.64. The highest BCUT2D eigenvalue weighted by atomic mass is 32.1. The Balaban J connectivity index is 1.65. The Morgan fingerprint density at radius 1 is 1.27 bits per heavy atom. The van der Waals surface area contributed by atoms with Gasteiger partial charge in [0.25, 0.3) is 0 Å². The van der Waals surface area contributed by atoms with E-state index in [1.54, 1.807) is 17.7 Å². The number of benzene rings is 1. The van der Waals surface area contributed by atoms with Crippen molar-refractivity contribution in [3.8, 4) is 5.75 Å². The molecular weight excluding hydrogens is 294 g/mol. The van der Waals surface area contributed by atoms with Gasteiger partial charge in [0.1, 0.15) is 22.7 Å². The van der Waals surface area contributed by atoms with Gasteiger partial charge in [-0.3, -0.25) is 0 Å². The summed E-state index contributed by atoms with van der Waals surface area (Å²) in [7, 11) is 0. The van der Waals surface area contributed by atoms with Crippen LogP contribution in [0.15, 0.2) is 36.0 Å². The number of nitrogens with zero attached hydrogens (tertiary/aromatic N) is 2. The maximum Gasteiger partial charge on any atom is 0.142 e. The molecule has 112 valence electrons. The number of aromatic nitrogens is 2.